The third-order valence-electron chi connectivity index (χ3n) is 2.89. The van der Waals surface area contributed by atoms with Crippen LogP contribution in [0.25, 0.3) is 0 Å². The van der Waals surface area contributed by atoms with Gasteiger partial charge < -0.3 is 11.1 Å². The molecule has 1 aliphatic rings. The average Bonchev–Trinajstić information content (AvgIpc) is 2.64. The summed E-state index contributed by atoms with van der Waals surface area (Å²) < 4.78 is 1.76. The maximum absolute atomic E-state index is 11.2. The van der Waals surface area contributed by atoms with Crippen LogP contribution in [0.5, 0.6) is 0 Å². The van der Waals surface area contributed by atoms with Crippen LogP contribution in [-0.2, 0) is 0 Å². The number of hydrogen-bond acceptors (Lipinski definition) is 4. The molecule has 0 bridgehead atoms. The van der Waals surface area contributed by atoms with Gasteiger partial charge in [-0.15, -0.1) is 5.10 Å². The van der Waals surface area contributed by atoms with E-state index in [1.807, 2.05) is 0 Å². The van der Waals surface area contributed by atoms with Crippen LogP contribution in [0.3, 0.4) is 0 Å². The fraction of sp³-hybridized carbons (Fsp3) is 0.667. The van der Waals surface area contributed by atoms with Crippen molar-refractivity contribution in [1.29, 1.82) is 0 Å². The first-order valence-electron chi connectivity index (χ1n) is 5.08. The van der Waals surface area contributed by atoms with E-state index < -0.39 is 0 Å². The lowest BCUT2D eigenvalue weighted by Crippen LogP contribution is -2.32. The Balaban J connectivity index is 1.99. The number of rotatable bonds is 3. The molecule has 6 nitrogen and oxygen atoms in total. The van der Waals surface area contributed by atoms with Gasteiger partial charge in [0.05, 0.1) is 12.2 Å². The molecule has 1 aliphatic carbocycles. The molecule has 0 saturated heterocycles. The normalized spacial score (nSPS) is 24.7. The van der Waals surface area contributed by atoms with Gasteiger partial charge in [0, 0.05) is 7.05 Å². The van der Waals surface area contributed by atoms with Gasteiger partial charge in [-0.1, -0.05) is 5.21 Å². The topological polar surface area (TPSA) is 85.8 Å². The molecule has 0 aliphatic heterocycles. The van der Waals surface area contributed by atoms with Crippen LogP contribution in [0.2, 0.25) is 0 Å². The lowest BCUT2D eigenvalue weighted by atomic mass is 9.80. The van der Waals surface area contributed by atoms with Crippen molar-refractivity contribution >= 4 is 5.91 Å². The summed E-state index contributed by atoms with van der Waals surface area (Å²) in [7, 11) is 1.58. The van der Waals surface area contributed by atoms with Crippen LogP contribution in [0.4, 0.5) is 0 Å². The van der Waals surface area contributed by atoms with E-state index in [-0.39, 0.29) is 5.91 Å². The lowest BCUT2D eigenvalue weighted by Gasteiger charge is -2.33. The number of carbonyl (C=O) groups is 1. The highest BCUT2D eigenvalue weighted by atomic mass is 16.1. The number of aromatic nitrogens is 3. The van der Waals surface area contributed by atoms with Crippen LogP contribution in [0.1, 0.15) is 29.4 Å². The Hall–Kier alpha value is -1.43. The van der Waals surface area contributed by atoms with E-state index >= 15 is 0 Å². The Morgan fingerprint density at radius 3 is 3.07 bits per heavy atom. The molecule has 1 aromatic heterocycles. The predicted molar refractivity (Wildman–Crippen MR) is 54.2 cm³/mol. The third kappa shape index (κ3) is 1.85. The van der Waals surface area contributed by atoms with Gasteiger partial charge in [-0.3, -0.25) is 4.79 Å². The minimum atomic E-state index is -0.198. The Labute approximate surface area is 87.8 Å². The molecule has 1 amide bonds. The van der Waals surface area contributed by atoms with Crippen molar-refractivity contribution in [2.75, 3.05) is 13.6 Å². The van der Waals surface area contributed by atoms with Gasteiger partial charge in [-0.25, -0.2) is 4.68 Å². The van der Waals surface area contributed by atoms with Gasteiger partial charge in [-0.05, 0) is 25.3 Å². The Bertz CT molecular complexity index is 355. The summed E-state index contributed by atoms with van der Waals surface area (Å²) in [6, 6.07) is 0.365. The first-order valence-corrected chi connectivity index (χ1v) is 5.08. The summed E-state index contributed by atoms with van der Waals surface area (Å²) in [5.74, 6) is 0.401. The molecule has 3 N–H and O–H groups in total. The number of nitrogens with two attached hydrogens (primary N) is 1. The van der Waals surface area contributed by atoms with Crippen molar-refractivity contribution in [3.05, 3.63) is 11.9 Å². The van der Waals surface area contributed by atoms with Gasteiger partial charge in [0.15, 0.2) is 5.69 Å². The maximum atomic E-state index is 11.2. The van der Waals surface area contributed by atoms with E-state index in [2.05, 4.69) is 15.6 Å². The van der Waals surface area contributed by atoms with Crippen molar-refractivity contribution in [1.82, 2.24) is 20.3 Å². The third-order valence-corrected chi connectivity index (χ3v) is 2.89. The molecule has 1 heterocycles. The Morgan fingerprint density at radius 1 is 1.73 bits per heavy atom. The molecule has 82 valence electrons. The van der Waals surface area contributed by atoms with Crippen molar-refractivity contribution in [2.24, 2.45) is 11.7 Å². The fourth-order valence-corrected chi connectivity index (χ4v) is 1.80. The number of amides is 1. The molecule has 0 radical (unpaired) electrons. The number of nitrogens with zero attached hydrogens (tertiary/aromatic N) is 3. The molecular formula is C9H15N5O. The second kappa shape index (κ2) is 3.98. The van der Waals surface area contributed by atoms with Crippen LogP contribution in [0.15, 0.2) is 6.20 Å². The summed E-state index contributed by atoms with van der Waals surface area (Å²) in [5, 5.41) is 10.3. The molecule has 0 atom stereocenters. The number of nitrogens with one attached hydrogen (secondary N) is 1. The number of hydrogen-bond donors (Lipinski definition) is 2. The predicted octanol–water partition coefficient (Wildman–Crippen LogP) is -0.452. The SMILES string of the molecule is CNC(=O)c1cn(C2CC(CN)C2)nn1. The molecular weight excluding hydrogens is 194 g/mol. The second-order valence-corrected chi connectivity index (χ2v) is 3.89. The zero-order valence-electron chi connectivity index (χ0n) is 8.68. The van der Waals surface area contributed by atoms with E-state index in [0.29, 0.717) is 17.7 Å². The maximum Gasteiger partial charge on any atom is 0.273 e. The summed E-state index contributed by atoms with van der Waals surface area (Å²) in [5.41, 5.74) is 5.91. The van der Waals surface area contributed by atoms with Crippen LogP contribution < -0.4 is 11.1 Å². The van der Waals surface area contributed by atoms with E-state index in [0.717, 1.165) is 19.4 Å². The summed E-state index contributed by atoms with van der Waals surface area (Å²) in [6.07, 6.45) is 3.76. The van der Waals surface area contributed by atoms with Gasteiger partial charge in [0.25, 0.3) is 5.91 Å². The summed E-state index contributed by atoms with van der Waals surface area (Å²) in [4.78, 5) is 11.2. The van der Waals surface area contributed by atoms with Gasteiger partial charge in [0.2, 0.25) is 0 Å². The van der Waals surface area contributed by atoms with Crippen LogP contribution in [-0.4, -0.2) is 34.5 Å². The van der Waals surface area contributed by atoms with Crippen LogP contribution in [0, 0.1) is 5.92 Å². The molecule has 1 aromatic rings. The fourth-order valence-electron chi connectivity index (χ4n) is 1.80. The largest absolute Gasteiger partial charge is 0.354 e. The number of carbonyl (C=O) groups excluding carboxylic acids is 1. The van der Waals surface area contributed by atoms with Gasteiger partial charge >= 0.3 is 0 Å². The molecule has 1 fully saturated rings. The summed E-state index contributed by atoms with van der Waals surface area (Å²) in [6.45, 7) is 0.730. The molecule has 15 heavy (non-hydrogen) atoms. The van der Waals surface area contributed by atoms with Crippen molar-refractivity contribution in [3.63, 3.8) is 0 Å². The van der Waals surface area contributed by atoms with E-state index in [1.165, 1.54) is 0 Å². The molecule has 0 spiro atoms. The standard InChI is InChI=1S/C9H15N5O/c1-11-9(15)8-5-14(13-12-8)7-2-6(3-7)4-10/h5-7H,2-4,10H2,1H3,(H,11,15). The van der Waals surface area contributed by atoms with E-state index in [9.17, 15) is 4.79 Å². The minimum Gasteiger partial charge on any atom is -0.354 e. The summed E-state index contributed by atoms with van der Waals surface area (Å²) >= 11 is 0. The molecule has 6 heteroatoms. The van der Waals surface area contributed by atoms with E-state index in [4.69, 9.17) is 5.73 Å². The van der Waals surface area contributed by atoms with Gasteiger partial charge in [-0.2, -0.15) is 0 Å². The second-order valence-electron chi connectivity index (χ2n) is 3.89. The monoisotopic (exact) mass is 209 g/mol. The quantitative estimate of drug-likeness (QED) is 0.705. The van der Waals surface area contributed by atoms with Crippen LogP contribution >= 0.6 is 0 Å². The zero-order chi connectivity index (χ0) is 10.8. The first-order chi connectivity index (χ1) is 7.24. The van der Waals surface area contributed by atoms with E-state index in [1.54, 1.807) is 17.9 Å². The lowest BCUT2D eigenvalue weighted by molar-refractivity contribution is 0.0958. The Morgan fingerprint density at radius 2 is 2.47 bits per heavy atom. The highest BCUT2D eigenvalue weighted by molar-refractivity contribution is 5.91. The van der Waals surface area contributed by atoms with Crippen molar-refractivity contribution in [2.45, 2.75) is 18.9 Å². The smallest absolute Gasteiger partial charge is 0.273 e. The highest BCUT2D eigenvalue weighted by Crippen LogP contribution is 2.36. The first kappa shape index (κ1) is 10.1. The molecule has 0 aromatic carbocycles. The zero-order valence-corrected chi connectivity index (χ0v) is 8.68. The Kier molecular flexibility index (Phi) is 2.68. The van der Waals surface area contributed by atoms with Crippen molar-refractivity contribution in [3.8, 4) is 0 Å². The highest BCUT2D eigenvalue weighted by Gasteiger charge is 2.30. The van der Waals surface area contributed by atoms with Crippen molar-refractivity contribution < 1.29 is 4.79 Å². The minimum absolute atomic E-state index is 0.198. The molecule has 2 rings (SSSR count). The molecule has 1 saturated carbocycles. The average molecular weight is 209 g/mol. The van der Waals surface area contributed by atoms with Gasteiger partial charge in [0.1, 0.15) is 0 Å². The molecule has 0 unspecified atom stereocenters.